The first-order valence-electron chi connectivity index (χ1n) is 7.83. The molecular weight excluding hydrogens is 349 g/mol. The number of hydrogen-bond acceptors (Lipinski definition) is 4. The molecule has 26 heavy (non-hydrogen) atoms. The summed E-state index contributed by atoms with van der Waals surface area (Å²) in [5.74, 6) is -2.16. The number of anilines is 1. The molecular formula is C17H15F3N4O2. The maximum absolute atomic E-state index is 12.8. The highest BCUT2D eigenvalue weighted by molar-refractivity contribution is 6.03. The fraction of sp³-hybridized carbons (Fsp3) is 0.294. The van der Waals surface area contributed by atoms with Gasteiger partial charge in [-0.1, -0.05) is 12.1 Å². The van der Waals surface area contributed by atoms with E-state index in [0.717, 1.165) is 5.56 Å². The van der Waals surface area contributed by atoms with Crippen molar-refractivity contribution >= 4 is 17.5 Å². The first-order valence-corrected chi connectivity index (χ1v) is 7.83. The van der Waals surface area contributed by atoms with Gasteiger partial charge < -0.3 is 10.6 Å². The Hall–Kier alpha value is -2.97. The molecule has 9 heteroatoms. The zero-order chi connectivity index (χ0) is 18.9. The Morgan fingerprint density at radius 3 is 2.69 bits per heavy atom. The minimum absolute atomic E-state index is 0.00233. The van der Waals surface area contributed by atoms with Crippen LogP contribution in [0.1, 0.15) is 39.9 Å². The highest BCUT2D eigenvalue weighted by Gasteiger charge is 2.35. The molecule has 0 spiro atoms. The van der Waals surface area contributed by atoms with E-state index in [1.165, 1.54) is 13.0 Å². The Morgan fingerprint density at radius 1 is 1.27 bits per heavy atom. The van der Waals surface area contributed by atoms with Gasteiger partial charge in [0.2, 0.25) is 11.7 Å². The number of hydrogen-bond donors (Lipinski definition) is 2. The monoisotopic (exact) mass is 364 g/mol. The van der Waals surface area contributed by atoms with Crippen molar-refractivity contribution in [1.82, 2.24) is 15.3 Å². The standard InChI is InChI=1S/C17H15F3N4O2/c1-9-5-13(24-16(22-9)17(18,19)20)15(26)23-12-4-2-3-10(6-12)11-7-14(25)21-8-11/h2-6,11H,7-8H2,1H3,(H,21,25)(H,23,26). The molecule has 0 bridgehead atoms. The summed E-state index contributed by atoms with van der Waals surface area (Å²) in [4.78, 5) is 30.2. The van der Waals surface area contributed by atoms with Crippen LogP contribution in [0.15, 0.2) is 30.3 Å². The molecule has 1 aliphatic heterocycles. The summed E-state index contributed by atoms with van der Waals surface area (Å²) in [5, 5.41) is 5.27. The van der Waals surface area contributed by atoms with E-state index in [4.69, 9.17) is 0 Å². The van der Waals surface area contributed by atoms with Gasteiger partial charge in [-0.2, -0.15) is 13.2 Å². The van der Waals surface area contributed by atoms with E-state index in [0.29, 0.717) is 18.7 Å². The van der Waals surface area contributed by atoms with Crippen LogP contribution in [0.4, 0.5) is 18.9 Å². The number of halogens is 3. The Kier molecular flexibility index (Phi) is 4.62. The van der Waals surface area contributed by atoms with Gasteiger partial charge in [0.1, 0.15) is 5.69 Å². The first kappa shape index (κ1) is 17.8. The lowest BCUT2D eigenvalue weighted by Gasteiger charge is -2.12. The Morgan fingerprint density at radius 2 is 2.04 bits per heavy atom. The molecule has 1 unspecified atom stereocenters. The van der Waals surface area contributed by atoms with Gasteiger partial charge in [0.05, 0.1) is 0 Å². The molecule has 1 saturated heterocycles. The van der Waals surface area contributed by atoms with Gasteiger partial charge in [-0.25, -0.2) is 9.97 Å². The molecule has 1 aliphatic rings. The molecule has 136 valence electrons. The summed E-state index contributed by atoms with van der Waals surface area (Å²) >= 11 is 0. The molecule has 0 saturated carbocycles. The van der Waals surface area contributed by atoms with Crippen molar-refractivity contribution in [2.45, 2.75) is 25.4 Å². The quantitative estimate of drug-likeness (QED) is 0.877. The van der Waals surface area contributed by atoms with E-state index in [-0.39, 0.29) is 23.2 Å². The van der Waals surface area contributed by atoms with Crippen molar-refractivity contribution in [3.05, 3.63) is 53.1 Å². The van der Waals surface area contributed by atoms with E-state index in [1.807, 2.05) is 6.07 Å². The maximum atomic E-state index is 12.8. The van der Waals surface area contributed by atoms with Crippen molar-refractivity contribution in [1.29, 1.82) is 0 Å². The molecule has 2 N–H and O–H groups in total. The van der Waals surface area contributed by atoms with Gasteiger partial charge in [0.25, 0.3) is 5.91 Å². The second-order valence-electron chi connectivity index (χ2n) is 6.00. The van der Waals surface area contributed by atoms with Crippen LogP contribution >= 0.6 is 0 Å². The number of aromatic nitrogens is 2. The average Bonchev–Trinajstić information content (AvgIpc) is 3.00. The third-order valence-electron chi connectivity index (χ3n) is 3.93. The van der Waals surface area contributed by atoms with E-state index < -0.39 is 17.9 Å². The predicted octanol–water partition coefficient (Wildman–Crippen LogP) is 2.66. The normalized spacial score (nSPS) is 17.1. The Balaban J connectivity index is 1.80. The highest BCUT2D eigenvalue weighted by atomic mass is 19.4. The molecule has 0 aliphatic carbocycles. The predicted molar refractivity (Wildman–Crippen MR) is 86.5 cm³/mol. The summed E-state index contributed by atoms with van der Waals surface area (Å²) in [6, 6.07) is 8.04. The van der Waals surface area contributed by atoms with Crippen molar-refractivity contribution in [2.75, 3.05) is 11.9 Å². The number of nitrogens with one attached hydrogen (secondary N) is 2. The zero-order valence-electron chi connectivity index (χ0n) is 13.7. The molecule has 2 amide bonds. The highest BCUT2D eigenvalue weighted by Crippen LogP contribution is 2.27. The molecule has 1 aromatic heterocycles. The Bertz CT molecular complexity index is 867. The smallest absolute Gasteiger partial charge is 0.355 e. The topological polar surface area (TPSA) is 84.0 Å². The number of alkyl halides is 3. The molecule has 2 aromatic rings. The van der Waals surface area contributed by atoms with Crippen LogP contribution in [0, 0.1) is 6.92 Å². The number of benzene rings is 1. The minimum atomic E-state index is -4.73. The third-order valence-corrected chi connectivity index (χ3v) is 3.93. The van der Waals surface area contributed by atoms with Crippen molar-refractivity contribution < 1.29 is 22.8 Å². The van der Waals surface area contributed by atoms with Crippen LogP contribution in [0.3, 0.4) is 0 Å². The van der Waals surface area contributed by atoms with Crippen LogP contribution < -0.4 is 10.6 Å². The summed E-state index contributed by atoms with van der Waals surface area (Å²) < 4.78 is 38.4. The number of carbonyl (C=O) groups is 2. The van der Waals surface area contributed by atoms with Gasteiger partial charge in [-0.3, -0.25) is 9.59 Å². The molecule has 3 rings (SSSR count). The van der Waals surface area contributed by atoms with Crippen molar-refractivity contribution in [3.8, 4) is 0 Å². The largest absolute Gasteiger partial charge is 0.451 e. The van der Waals surface area contributed by atoms with E-state index >= 15 is 0 Å². The maximum Gasteiger partial charge on any atom is 0.451 e. The van der Waals surface area contributed by atoms with Gasteiger partial charge in [-0.05, 0) is 30.7 Å². The van der Waals surface area contributed by atoms with Gasteiger partial charge in [0.15, 0.2) is 0 Å². The lowest BCUT2D eigenvalue weighted by molar-refractivity contribution is -0.145. The number of amides is 2. The number of rotatable bonds is 3. The van der Waals surface area contributed by atoms with E-state index in [2.05, 4.69) is 20.6 Å². The third kappa shape index (κ3) is 3.98. The summed E-state index contributed by atoms with van der Waals surface area (Å²) in [5.41, 5.74) is 0.947. The van der Waals surface area contributed by atoms with Gasteiger partial charge in [-0.15, -0.1) is 0 Å². The molecule has 1 fully saturated rings. The lowest BCUT2D eigenvalue weighted by atomic mass is 9.98. The number of aryl methyl sites for hydroxylation is 1. The fourth-order valence-corrected chi connectivity index (χ4v) is 2.72. The van der Waals surface area contributed by atoms with Gasteiger partial charge in [0, 0.05) is 30.3 Å². The molecule has 0 radical (unpaired) electrons. The molecule has 1 aromatic carbocycles. The molecule has 6 nitrogen and oxygen atoms in total. The van der Waals surface area contributed by atoms with E-state index in [9.17, 15) is 22.8 Å². The van der Waals surface area contributed by atoms with Crippen LogP contribution in [-0.4, -0.2) is 28.3 Å². The number of carbonyl (C=O) groups excluding carboxylic acids is 2. The lowest BCUT2D eigenvalue weighted by Crippen LogP contribution is -2.19. The summed E-state index contributed by atoms with van der Waals surface area (Å²) in [6.45, 7) is 1.87. The molecule has 2 heterocycles. The van der Waals surface area contributed by atoms with Crippen molar-refractivity contribution in [2.24, 2.45) is 0 Å². The Labute approximate surface area is 146 Å². The second kappa shape index (κ2) is 6.74. The second-order valence-corrected chi connectivity index (χ2v) is 6.00. The summed E-state index contributed by atoms with van der Waals surface area (Å²) in [6.07, 6.45) is -4.37. The van der Waals surface area contributed by atoms with E-state index in [1.54, 1.807) is 18.2 Å². The van der Waals surface area contributed by atoms with Crippen LogP contribution in [0.5, 0.6) is 0 Å². The first-order chi connectivity index (χ1) is 12.2. The van der Waals surface area contributed by atoms with Crippen LogP contribution in [0.2, 0.25) is 0 Å². The summed E-state index contributed by atoms with van der Waals surface area (Å²) in [7, 11) is 0. The number of nitrogens with zero attached hydrogens (tertiary/aromatic N) is 2. The fourth-order valence-electron chi connectivity index (χ4n) is 2.72. The minimum Gasteiger partial charge on any atom is -0.355 e. The SMILES string of the molecule is Cc1cc(C(=O)Nc2cccc(C3CNC(=O)C3)c2)nc(C(F)(F)F)n1. The zero-order valence-corrected chi connectivity index (χ0v) is 13.7. The molecule has 1 atom stereocenters. The average molecular weight is 364 g/mol. The van der Waals surface area contributed by atoms with Crippen molar-refractivity contribution in [3.63, 3.8) is 0 Å². The van der Waals surface area contributed by atoms with Crippen LogP contribution in [0.25, 0.3) is 0 Å². The van der Waals surface area contributed by atoms with Gasteiger partial charge >= 0.3 is 6.18 Å². The van der Waals surface area contributed by atoms with Crippen LogP contribution in [-0.2, 0) is 11.0 Å².